The van der Waals surface area contributed by atoms with Gasteiger partial charge in [-0.25, -0.2) is 4.18 Å². The summed E-state index contributed by atoms with van der Waals surface area (Å²) < 4.78 is 100. The molecule has 5 saturated heterocycles. The number of carbonyl (C=O) groups is 1. The van der Waals surface area contributed by atoms with Crippen LogP contribution >= 0.6 is 0 Å². The van der Waals surface area contributed by atoms with Gasteiger partial charge < -0.3 is 114 Å². The van der Waals surface area contributed by atoms with Crippen LogP contribution in [0.1, 0.15) is 114 Å². The van der Waals surface area contributed by atoms with E-state index in [0.29, 0.717) is 32.1 Å². The van der Waals surface area contributed by atoms with E-state index in [1.807, 2.05) is 20.8 Å². The normalized spacial score (nSPS) is 51.2. The van der Waals surface area contributed by atoms with E-state index in [0.717, 1.165) is 5.57 Å². The quantitative estimate of drug-likeness (QED) is 0.0501. The Bertz CT molecular complexity index is 2460. The van der Waals surface area contributed by atoms with E-state index in [-0.39, 0.29) is 54.6 Å². The van der Waals surface area contributed by atoms with E-state index >= 15 is 0 Å². The van der Waals surface area contributed by atoms with Crippen LogP contribution in [0.2, 0.25) is 0 Å². The van der Waals surface area contributed by atoms with Crippen LogP contribution in [0.4, 0.5) is 0 Å². The smallest absolute Gasteiger partial charge is 0.394 e. The molecule has 3 saturated carbocycles. The van der Waals surface area contributed by atoms with E-state index in [4.69, 9.17) is 51.6 Å². The molecule has 34 atom stereocenters. The van der Waals surface area contributed by atoms with Crippen molar-refractivity contribution in [1.29, 1.82) is 0 Å². The Morgan fingerprint density at radius 2 is 1.19 bits per heavy atom. The predicted octanol–water partition coefficient (Wildman–Crippen LogP) is -2.43. The summed E-state index contributed by atoms with van der Waals surface area (Å²) in [6, 6.07) is 0. The first kappa shape index (κ1) is 68.7. The van der Waals surface area contributed by atoms with Gasteiger partial charge in [0.1, 0.15) is 103 Å². The predicted molar refractivity (Wildman–Crippen MR) is 290 cm³/mol. The number of ether oxygens (including phenoxy) is 10. The molecule has 9 aliphatic rings. The highest BCUT2D eigenvalue weighted by Gasteiger charge is 2.64. The number of aliphatic hydroxyl groups excluding tert-OH is 12. The lowest BCUT2D eigenvalue weighted by Crippen LogP contribution is -2.67. The minimum absolute atomic E-state index is 0.00277. The average Bonchev–Trinajstić information content (AvgIpc) is 1.31. The Balaban J connectivity index is 0.983. The summed E-state index contributed by atoms with van der Waals surface area (Å²) in [6.45, 7) is 14.5. The first-order chi connectivity index (χ1) is 40.1. The summed E-state index contributed by atoms with van der Waals surface area (Å²) in [5.74, 6) is -1.10. The number of Topliss-reactive ketones (excluding diaryl/α,β-unsaturated/α-hetero) is 1. The van der Waals surface area contributed by atoms with E-state index < -0.39 is 206 Å². The first-order valence-corrected chi connectivity index (χ1v) is 31.7. The molecule has 29 heteroatoms. The van der Waals surface area contributed by atoms with E-state index in [1.165, 1.54) is 20.8 Å². The molecule has 0 aromatic carbocycles. The molecule has 14 N–H and O–H groups in total. The van der Waals surface area contributed by atoms with Crippen molar-refractivity contribution in [1.82, 2.24) is 0 Å². The summed E-state index contributed by atoms with van der Waals surface area (Å²) in [4.78, 5) is 13.5. The van der Waals surface area contributed by atoms with E-state index in [1.54, 1.807) is 6.92 Å². The number of rotatable bonds is 18. The number of carbonyl (C=O) groups excluding carboxylic acids is 1. The number of hydrogen-bond donors (Lipinski definition) is 14. The second-order valence-corrected chi connectivity index (χ2v) is 28.1. The Morgan fingerprint density at radius 3 is 1.76 bits per heavy atom. The summed E-state index contributed by atoms with van der Waals surface area (Å²) in [6.07, 6.45) is -37.5. The van der Waals surface area contributed by atoms with Gasteiger partial charge in [0.05, 0.1) is 49.3 Å². The van der Waals surface area contributed by atoms with Crippen molar-refractivity contribution < 1.29 is 136 Å². The van der Waals surface area contributed by atoms with Gasteiger partial charge in [-0.15, -0.1) is 0 Å². The standard InChI is InChI=1S/C57H94O28S/c1-21(2)22(3)31(59)18-57(9,71)35-11-10-28-27-17-32(30-16-26(85-86(72,73)74)12-14-55(30,7)29(27)13-15-56(28,35)8)79-52-46(70)47(38(62)25(6)78-52)82-53-48(83-50-44(68)41(65)36(60)23(4)76-50)40(64)34(20-75-53)81-54-49(43(67)39(63)33(19-58)80-54)84-51-45(69)42(66)37(61)24(5)77-51/h13,21-28,30,32-54,58,60-71H,10-12,14-20H2,1-9H3,(H,72,73,74)/t22?,23-,24-,25-,26+,27+,28+,30-,32+,33-,34-,35+,36-,37+,38-,39+,40+,41+,42+,43+,44-,45-,46-,47+,48-,49-,50?,51?,52?,53?,54?,55-,56+,57-/m1/s1. The molecule has 0 aromatic heterocycles. The van der Waals surface area contributed by atoms with Gasteiger partial charge in [-0.1, -0.05) is 46.3 Å². The number of aliphatic hydroxyl groups is 13. The summed E-state index contributed by atoms with van der Waals surface area (Å²) in [5.41, 5.74) is -1.30. The van der Waals surface area contributed by atoms with Gasteiger partial charge >= 0.3 is 10.4 Å². The lowest BCUT2D eigenvalue weighted by molar-refractivity contribution is -0.398. The molecule has 0 amide bonds. The van der Waals surface area contributed by atoms with Crippen LogP contribution in [0.5, 0.6) is 0 Å². The van der Waals surface area contributed by atoms with Crippen molar-refractivity contribution in [2.24, 2.45) is 46.3 Å². The lowest BCUT2D eigenvalue weighted by Gasteiger charge is -2.60. The van der Waals surface area contributed by atoms with Crippen LogP contribution in [0.15, 0.2) is 11.6 Å². The Morgan fingerprint density at radius 1 is 0.640 bits per heavy atom. The average molecular weight is 1260 g/mol. The SMILES string of the molecule is CC(C)C(C)C(=O)C[C@@](C)(O)[C@H]1CC[C@H]2[C@@H]3C[C@H](OC4O[C@H](C)[C@@H](O)[C@H](OC5OC[C@@H](OC6O[C@H](CO)[C@H](O)[C@H](O)[C@H]6OC6O[C@H](C)[C@H](O)[C@H](O)[C@H]6O)[C@H](O)[C@H]5OC5O[C@H](C)[C@@H](O)[C@H](O)[C@H]5O)[C@H]4O)[C@H]4C[C@@H](OS(=O)(=O)O)CC[C@]4(C)C3=CC[C@@]21C. The minimum atomic E-state index is -4.89. The molecule has 0 radical (unpaired) electrons. The van der Waals surface area contributed by atoms with Crippen LogP contribution < -0.4 is 0 Å². The third kappa shape index (κ3) is 13.3. The maximum absolute atomic E-state index is 13.5. The summed E-state index contributed by atoms with van der Waals surface area (Å²) in [5, 5.41) is 145. The van der Waals surface area contributed by atoms with Crippen molar-refractivity contribution >= 4 is 16.2 Å². The van der Waals surface area contributed by atoms with Crippen LogP contribution in [0, 0.1) is 46.3 Å². The molecule has 0 spiro atoms. The third-order valence-corrected chi connectivity index (χ3v) is 21.7. The van der Waals surface area contributed by atoms with Gasteiger partial charge in [-0.05, 0) is 113 Å². The third-order valence-electron chi connectivity index (χ3n) is 21.1. The molecule has 4 aliphatic carbocycles. The van der Waals surface area contributed by atoms with E-state index in [9.17, 15) is 84.1 Å². The van der Waals surface area contributed by atoms with Crippen LogP contribution in [-0.2, 0) is 66.7 Å². The molecule has 86 heavy (non-hydrogen) atoms. The fraction of sp³-hybridized carbons (Fsp3) is 0.947. The molecule has 5 aliphatic heterocycles. The molecule has 9 rings (SSSR count). The zero-order chi connectivity index (χ0) is 63.2. The molecular weight excluding hydrogens is 1160 g/mol. The van der Waals surface area contributed by atoms with Crippen molar-refractivity contribution in [3.8, 4) is 0 Å². The molecule has 0 aromatic rings. The lowest BCUT2D eigenvalue weighted by atomic mass is 9.47. The van der Waals surface area contributed by atoms with Gasteiger partial charge in [0.25, 0.3) is 0 Å². The molecule has 0 bridgehead atoms. The highest BCUT2D eigenvalue weighted by atomic mass is 32.3. The summed E-state index contributed by atoms with van der Waals surface area (Å²) in [7, 11) is -4.89. The number of fused-ring (bicyclic) bond motifs is 5. The molecular formula is C57H94O28S. The van der Waals surface area contributed by atoms with Gasteiger partial charge in [-0.3, -0.25) is 9.35 Å². The Hall–Kier alpha value is -1.64. The van der Waals surface area contributed by atoms with Crippen LogP contribution in [0.3, 0.4) is 0 Å². The molecule has 496 valence electrons. The van der Waals surface area contributed by atoms with Gasteiger partial charge in [-0.2, -0.15) is 8.42 Å². The number of hydrogen-bond acceptors (Lipinski definition) is 27. The monoisotopic (exact) mass is 1260 g/mol. The first-order valence-electron chi connectivity index (χ1n) is 30.3. The Kier molecular flexibility index (Phi) is 21.1. The fourth-order valence-electron chi connectivity index (χ4n) is 15.7. The van der Waals surface area contributed by atoms with Gasteiger partial charge in [0, 0.05) is 12.3 Å². The number of ketones is 1. The van der Waals surface area contributed by atoms with Crippen LogP contribution in [-0.4, -0.2) is 264 Å². The van der Waals surface area contributed by atoms with Crippen molar-refractivity contribution in [2.45, 2.75) is 279 Å². The number of allylic oxidation sites excluding steroid dienone is 2. The van der Waals surface area contributed by atoms with Crippen LogP contribution in [0.25, 0.3) is 0 Å². The zero-order valence-electron chi connectivity index (χ0n) is 50.0. The van der Waals surface area contributed by atoms with E-state index in [2.05, 4.69) is 19.9 Å². The maximum atomic E-state index is 13.5. The zero-order valence-corrected chi connectivity index (χ0v) is 50.8. The second kappa shape index (κ2) is 26.4. The molecule has 6 unspecified atom stereocenters. The van der Waals surface area contributed by atoms with Crippen molar-refractivity contribution in [3.63, 3.8) is 0 Å². The molecule has 5 heterocycles. The second-order valence-electron chi connectivity index (χ2n) is 27.0. The minimum Gasteiger partial charge on any atom is -0.394 e. The van der Waals surface area contributed by atoms with Gasteiger partial charge in [0.15, 0.2) is 31.5 Å². The van der Waals surface area contributed by atoms with Crippen molar-refractivity contribution in [3.05, 3.63) is 11.6 Å². The highest BCUT2D eigenvalue weighted by Crippen LogP contribution is 2.67. The largest absolute Gasteiger partial charge is 0.397 e. The Labute approximate surface area is 500 Å². The molecule has 8 fully saturated rings. The van der Waals surface area contributed by atoms with Crippen molar-refractivity contribution in [2.75, 3.05) is 13.2 Å². The topological polar surface area (TPSA) is 436 Å². The highest BCUT2D eigenvalue weighted by molar-refractivity contribution is 7.80. The maximum Gasteiger partial charge on any atom is 0.397 e. The fourth-order valence-corrected chi connectivity index (χ4v) is 16.2. The van der Waals surface area contributed by atoms with Gasteiger partial charge in [0.2, 0.25) is 0 Å². The molecule has 28 nitrogen and oxygen atoms in total. The summed E-state index contributed by atoms with van der Waals surface area (Å²) >= 11 is 0.